The Kier molecular flexibility index (Phi) is 6.98. The average Bonchev–Trinajstić information content (AvgIpc) is 3.43. The van der Waals surface area contributed by atoms with Gasteiger partial charge in [0.1, 0.15) is 16.5 Å². The van der Waals surface area contributed by atoms with Crippen LogP contribution in [0.4, 0.5) is 4.79 Å². The molecule has 0 saturated carbocycles. The maximum atomic E-state index is 13.1. The number of ketones is 1. The van der Waals surface area contributed by atoms with Crippen LogP contribution in [0.25, 0.3) is 0 Å². The molecule has 4 rings (SSSR count). The average molecular weight is 488 g/mol. The lowest BCUT2D eigenvalue weighted by Crippen LogP contribution is -2.53. The number of carboxylic acid groups (broad SMARTS) is 1. The number of benzene rings is 1. The Morgan fingerprint density at radius 1 is 1.21 bits per heavy atom. The van der Waals surface area contributed by atoms with Crippen molar-refractivity contribution in [1.29, 1.82) is 0 Å². The first kappa shape index (κ1) is 24.6. The lowest BCUT2D eigenvalue weighted by molar-refractivity contribution is -0.0506. The van der Waals surface area contributed by atoms with Crippen LogP contribution in [-0.4, -0.2) is 76.8 Å². The van der Waals surface area contributed by atoms with E-state index in [2.05, 4.69) is 37.6 Å². The van der Waals surface area contributed by atoms with Crippen LogP contribution in [-0.2, 0) is 4.74 Å². The maximum Gasteiger partial charge on any atom is 0.407 e. The van der Waals surface area contributed by atoms with E-state index in [0.717, 1.165) is 13.0 Å². The molecule has 3 heterocycles. The Morgan fingerprint density at radius 3 is 2.62 bits per heavy atom. The molecule has 0 spiro atoms. The van der Waals surface area contributed by atoms with Crippen molar-refractivity contribution in [2.24, 2.45) is 5.41 Å². The quantitative estimate of drug-likeness (QED) is 0.607. The number of nitrogens with zero attached hydrogens (tertiary/aromatic N) is 3. The zero-order valence-electron chi connectivity index (χ0n) is 20.4. The van der Waals surface area contributed by atoms with E-state index in [-0.39, 0.29) is 29.4 Å². The molecule has 1 amide bonds. The molecular formula is C25H33N3O5S. The maximum absolute atomic E-state index is 13.1. The number of hydrogen-bond acceptors (Lipinski definition) is 7. The third-order valence-electron chi connectivity index (χ3n) is 6.93. The van der Waals surface area contributed by atoms with Crippen molar-refractivity contribution in [3.63, 3.8) is 0 Å². The minimum Gasteiger partial charge on any atom is -0.496 e. The second-order valence-electron chi connectivity index (χ2n) is 10.2. The van der Waals surface area contributed by atoms with Crippen molar-refractivity contribution in [2.75, 3.05) is 26.7 Å². The van der Waals surface area contributed by atoms with E-state index >= 15 is 0 Å². The number of amides is 1. The number of ether oxygens (including phenoxy) is 2. The molecule has 2 aromatic rings. The highest BCUT2D eigenvalue weighted by molar-refractivity contribution is 7.10. The SMILES string of the molecule is COc1ccccc1C(=O)c1csc([C@@H]2CN3C[C@H](OC(C)C(C)(C)C)C[C@@H]3CN2C(=O)O)n1. The second kappa shape index (κ2) is 9.64. The molecule has 4 atom stereocenters. The molecule has 1 N–H and O–H groups in total. The minimum atomic E-state index is -0.968. The number of fused-ring (bicyclic) bond motifs is 1. The Morgan fingerprint density at radius 2 is 1.94 bits per heavy atom. The van der Waals surface area contributed by atoms with Gasteiger partial charge in [0.05, 0.1) is 30.9 Å². The molecule has 1 aromatic heterocycles. The second-order valence-corrected chi connectivity index (χ2v) is 11.1. The van der Waals surface area contributed by atoms with Crippen molar-refractivity contribution in [2.45, 2.75) is 58.4 Å². The van der Waals surface area contributed by atoms with Crippen LogP contribution in [0.2, 0.25) is 0 Å². The van der Waals surface area contributed by atoms with E-state index in [0.29, 0.717) is 35.1 Å². The third kappa shape index (κ3) is 4.96. The van der Waals surface area contributed by atoms with Crippen molar-refractivity contribution < 1.29 is 24.2 Å². The van der Waals surface area contributed by atoms with Crippen molar-refractivity contribution in [3.8, 4) is 5.75 Å². The standard InChI is InChI=1S/C25H33N3O5S/c1-15(25(2,3)4)33-17-10-16-11-28(24(30)31)20(13-27(16)12-17)23-26-19(14-34-23)22(29)18-8-6-7-9-21(18)32-5/h6-9,14-17,20H,10-13H2,1-5H3,(H,30,31)/t15?,16-,17-,20+/m1/s1. The smallest absolute Gasteiger partial charge is 0.407 e. The van der Waals surface area contributed by atoms with Gasteiger partial charge < -0.3 is 14.6 Å². The fourth-order valence-electron chi connectivity index (χ4n) is 4.56. The van der Waals surface area contributed by atoms with Gasteiger partial charge in [-0.25, -0.2) is 9.78 Å². The van der Waals surface area contributed by atoms with Crippen LogP contribution in [0.15, 0.2) is 29.6 Å². The molecule has 34 heavy (non-hydrogen) atoms. The molecule has 0 bridgehead atoms. The largest absolute Gasteiger partial charge is 0.496 e. The molecule has 1 unspecified atom stereocenters. The summed E-state index contributed by atoms with van der Waals surface area (Å²) in [7, 11) is 1.52. The first-order valence-electron chi connectivity index (χ1n) is 11.6. The van der Waals surface area contributed by atoms with Gasteiger partial charge >= 0.3 is 6.09 Å². The molecule has 2 saturated heterocycles. The van der Waals surface area contributed by atoms with Gasteiger partial charge in [0.25, 0.3) is 0 Å². The Hall–Kier alpha value is -2.49. The molecule has 2 aliphatic rings. The van der Waals surface area contributed by atoms with E-state index in [4.69, 9.17) is 9.47 Å². The molecule has 0 radical (unpaired) electrons. The highest BCUT2D eigenvalue weighted by Gasteiger charge is 2.44. The number of carbonyl (C=O) groups excluding carboxylic acids is 1. The summed E-state index contributed by atoms with van der Waals surface area (Å²) in [5.74, 6) is 0.253. The van der Waals surface area contributed by atoms with Crippen molar-refractivity contribution in [1.82, 2.24) is 14.8 Å². The Balaban J connectivity index is 1.51. The molecule has 2 fully saturated rings. The van der Waals surface area contributed by atoms with E-state index in [1.165, 1.54) is 23.3 Å². The van der Waals surface area contributed by atoms with E-state index in [1.54, 1.807) is 29.6 Å². The number of para-hydroxylation sites is 1. The molecule has 9 heteroatoms. The van der Waals surface area contributed by atoms with Crippen LogP contribution < -0.4 is 4.74 Å². The summed E-state index contributed by atoms with van der Waals surface area (Å²) in [6.07, 6.45) is 0.0250. The van der Waals surface area contributed by atoms with E-state index in [1.807, 2.05) is 0 Å². The molecule has 0 aliphatic carbocycles. The minimum absolute atomic E-state index is 0.0456. The topological polar surface area (TPSA) is 92.2 Å². The Labute approximate surface area is 204 Å². The van der Waals surface area contributed by atoms with Gasteiger partial charge in [0.15, 0.2) is 0 Å². The van der Waals surface area contributed by atoms with Gasteiger partial charge in [-0.1, -0.05) is 32.9 Å². The van der Waals surface area contributed by atoms with Gasteiger partial charge in [0.2, 0.25) is 5.78 Å². The van der Waals surface area contributed by atoms with Crippen LogP contribution >= 0.6 is 11.3 Å². The first-order chi connectivity index (χ1) is 16.1. The van der Waals surface area contributed by atoms with E-state index < -0.39 is 12.1 Å². The number of rotatable bonds is 6. The molecular weight excluding hydrogens is 454 g/mol. The van der Waals surface area contributed by atoms with Gasteiger partial charge in [-0.2, -0.15) is 0 Å². The summed E-state index contributed by atoms with van der Waals surface area (Å²) in [6, 6.07) is 6.73. The normalized spacial score (nSPS) is 24.0. The summed E-state index contributed by atoms with van der Waals surface area (Å²) >= 11 is 1.33. The summed E-state index contributed by atoms with van der Waals surface area (Å²) in [5, 5.41) is 12.3. The molecule has 184 valence electrons. The lowest BCUT2D eigenvalue weighted by Gasteiger charge is -2.41. The predicted octanol–water partition coefficient (Wildman–Crippen LogP) is 4.31. The van der Waals surface area contributed by atoms with Crippen molar-refractivity contribution >= 4 is 23.2 Å². The predicted molar refractivity (Wildman–Crippen MR) is 130 cm³/mol. The highest BCUT2D eigenvalue weighted by atomic mass is 32.1. The summed E-state index contributed by atoms with van der Waals surface area (Å²) in [6.45, 7) is 10.3. The number of hydrogen-bond donors (Lipinski definition) is 1. The van der Waals surface area contributed by atoms with Crippen LogP contribution in [0.1, 0.15) is 61.2 Å². The number of thiazole rings is 1. The summed E-state index contributed by atoms with van der Waals surface area (Å²) in [4.78, 5) is 33.5. The number of methoxy groups -OCH3 is 1. The summed E-state index contributed by atoms with van der Waals surface area (Å²) in [5.41, 5.74) is 0.788. The van der Waals surface area contributed by atoms with E-state index in [9.17, 15) is 14.7 Å². The van der Waals surface area contributed by atoms with Crippen LogP contribution in [0, 0.1) is 5.41 Å². The number of carbonyl (C=O) groups is 2. The van der Waals surface area contributed by atoms with Gasteiger partial charge in [-0.15, -0.1) is 11.3 Å². The van der Waals surface area contributed by atoms with Gasteiger partial charge in [-0.3, -0.25) is 14.6 Å². The highest BCUT2D eigenvalue weighted by Crippen LogP contribution is 2.36. The van der Waals surface area contributed by atoms with Crippen LogP contribution in [0.5, 0.6) is 5.75 Å². The van der Waals surface area contributed by atoms with Crippen LogP contribution in [0.3, 0.4) is 0 Å². The molecule has 8 nitrogen and oxygen atoms in total. The zero-order chi connectivity index (χ0) is 24.6. The van der Waals surface area contributed by atoms with Crippen molar-refractivity contribution in [3.05, 3.63) is 45.9 Å². The molecule has 2 aliphatic heterocycles. The zero-order valence-corrected chi connectivity index (χ0v) is 21.2. The lowest BCUT2D eigenvalue weighted by atomic mass is 9.90. The number of aromatic nitrogens is 1. The fraction of sp³-hybridized carbons (Fsp3) is 0.560. The summed E-state index contributed by atoms with van der Waals surface area (Å²) < 4.78 is 11.6. The molecule has 1 aromatic carbocycles. The number of piperazine rings is 1. The monoisotopic (exact) mass is 487 g/mol. The Bertz CT molecular complexity index is 1050. The fourth-order valence-corrected chi connectivity index (χ4v) is 5.46. The van der Waals surface area contributed by atoms with Gasteiger partial charge in [-0.05, 0) is 30.9 Å². The first-order valence-corrected chi connectivity index (χ1v) is 12.5. The van der Waals surface area contributed by atoms with Gasteiger partial charge in [0, 0.05) is 31.1 Å². The third-order valence-corrected chi connectivity index (χ3v) is 7.88.